The number of hydrogen-bond donors (Lipinski definition) is 2. The molecule has 0 radical (unpaired) electrons. The van der Waals surface area contributed by atoms with Gasteiger partial charge in [0, 0.05) is 37.3 Å². The van der Waals surface area contributed by atoms with Crippen LogP contribution in [0.2, 0.25) is 0 Å². The van der Waals surface area contributed by atoms with Crippen LogP contribution in [0.5, 0.6) is 11.5 Å². The number of benzene rings is 2. The Kier molecular flexibility index (Phi) is 7.80. The molecule has 0 saturated heterocycles. The van der Waals surface area contributed by atoms with Crippen molar-refractivity contribution in [3.63, 3.8) is 0 Å². The highest BCUT2D eigenvalue weighted by molar-refractivity contribution is 5.76. The number of methoxy groups -OCH3 is 1. The van der Waals surface area contributed by atoms with E-state index in [1.165, 1.54) is 0 Å². The predicted molar refractivity (Wildman–Crippen MR) is 130 cm³/mol. The fraction of sp³-hybridized carbons (Fsp3) is 0.192. The number of nitrogens with zero attached hydrogens (tertiary/aromatic N) is 3. The monoisotopic (exact) mass is 471 g/mol. The van der Waals surface area contributed by atoms with Gasteiger partial charge in [0.05, 0.1) is 7.11 Å². The molecule has 35 heavy (non-hydrogen) atoms. The smallest absolute Gasteiger partial charge is 0.273 e. The third-order valence-corrected chi connectivity index (χ3v) is 5.27. The summed E-state index contributed by atoms with van der Waals surface area (Å²) in [5, 5.41) is 11.0. The molecule has 0 unspecified atom stereocenters. The number of ether oxygens (including phenoxy) is 2. The molecule has 0 atom stereocenters. The first-order valence-corrected chi connectivity index (χ1v) is 11.1. The van der Waals surface area contributed by atoms with Gasteiger partial charge in [0.2, 0.25) is 5.91 Å². The number of carbonyl (C=O) groups excluding carboxylic acids is 1. The molecule has 0 aliphatic heterocycles. The van der Waals surface area contributed by atoms with Crippen molar-refractivity contribution in [3.8, 4) is 22.9 Å². The average molecular weight is 472 g/mol. The minimum absolute atomic E-state index is 0.128. The highest BCUT2D eigenvalue weighted by Gasteiger charge is 2.12. The quantitative estimate of drug-likeness (QED) is 0.365. The van der Waals surface area contributed by atoms with Gasteiger partial charge in [-0.2, -0.15) is 0 Å². The Morgan fingerprint density at radius 2 is 1.77 bits per heavy atom. The minimum atomic E-state index is -0.389. The van der Waals surface area contributed by atoms with Crippen molar-refractivity contribution in [1.82, 2.24) is 25.5 Å². The summed E-state index contributed by atoms with van der Waals surface area (Å²) in [5.41, 5.74) is 2.42. The van der Waals surface area contributed by atoms with Crippen LogP contribution in [0.15, 0.2) is 77.9 Å². The van der Waals surface area contributed by atoms with Crippen LogP contribution in [0.4, 0.5) is 0 Å². The van der Waals surface area contributed by atoms with E-state index in [0.717, 1.165) is 11.1 Å². The van der Waals surface area contributed by atoms with Gasteiger partial charge in [-0.25, -0.2) is 0 Å². The lowest BCUT2D eigenvalue weighted by Gasteiger charge is -2.12. The van der Waals surface area contributed by atoms with E-state index in [4.69, 9.17) is 9.47 Å². The van der Waals surface area contributed by atoms with E-state index in [1.807, 2.05) is 42.5 Å². The van der Waals surface area contributed by atoms with Gasteiger partial charge in [-0.3, -0.25) is 14.6 Å². The number of aryl methyl sites for hydroxylation is 1. The number of H-pyrrole nitrogens is 1. The van der Waals surface area contributed by atoms with Crippen molar-refractivity contribution in [2.75, 3.05) is 7.11 Å². The van der Waals surface area contributed by atoms with Crippen LogP contribution in [0, 0.1) is 0 Å². The maximum Gasteiger partial charge on any atom is 0.273 e. The molecule has 0 fully saturated rings. The van der Waals surface area contributed by atoms with Crippen molar-refractivity contribution in [2.24, 2.45) is 0 Å². The van der Waals surface area contributed by atoms with Crippen LogP contribution in [-0.4, -0.2) is 33.2 Å². The summed E-state index contributed by atoms with van der Waals surface area (Å²) in [5.74, 6) is 1.21. The average Bonchev–Trinajstić information content (AvgIpc) is 2.91. The number of hydrogen-bond acceptors (Lipinski definition) is 7. The van der Waals surface area contributed by atoms with E-state index in [-0.39, 0.29) is 30.0 Å². The van der Waals surface area contributed by atoms with Crippen molar-refractivity contribution >= 4 is 5.91 Å². The second kappa shape index (κ2) is 11.6. The van der Waals surface area contributed by atoms with Gasteiger partial charge in [-0.1, -0.05) is 30.3 Å². The lowest BCUT2D eigenvalue weighted by atomic mass is 10.2. The van der Waals surface area contributed by atoms with Crippen LogP contribution >= 0.6 is 0 Å². The third-order valence-electron chi connectivity index (χ3n) is 5.27. The molecule has 0 spiro atoms. The Morgan fingerprint density at radius 1 is 0.971 bits per heavy atom. The van der Waals surface area contributed by atoms with Gasteiger partial charge in [0.25, 0.3) is 5.56 Å². The molecule has 2 N–H and O–H groups in total. The fourth-order valence-electron chi connectivity index (χ4n) is 3.34. The third kappa shape index (κ3) is 6.50. The minimum Gasteiger partial charge on any atom is -0.493 e. The maximum atomic E-state index is 12.5. The maximum absolute atomic E-state index is 12.5. The number of aromatic amines is 1. The Bertz CT molecular complexity index is 1330. The summed E-state index contributed by atoms with van der Waals surface area (Å²) in [7, 11) is 1.55. The van der Waals surface area contributed by atoms with Gasteiger partial charge < -0.3 is 19.8 Å². The molecule has 2 aromatic carbocycles. The molecule has 178 valence electrons. The second-order valence-corrected chi connectivity index (χ2v) is 7.72. The zero-order valence-corrected chi connectivity index (χ0v) is 19.2. The summed E-state index contributed by atoms with van der Waals surface area (Å²) < 4.78 is 11.3. The van der Waals surface area contributed by atoms with E-state index in [2.05, 4.69) is 25.5 Å². The Hall–Kier alpha value is -4.53. The molecular formula is C26H25N5O4. The summed E-state index contributed by atoms with van der Waals surface area (Å²) in [6, 6.07) is 18.7. The van der Waals surface area contributed by atoms with Crippen molar-refractivity contribution < 1.29 is 14.3 Å². The van der Waals surface area contributed by atoms with Gasteiger partial charge >= 0.3 is 0 Å². The SMILES string of the molecule is COc1cc(-c2nnc(CCC(=O)NCc3ccncc3)c(=O)[nH]2)ccc1OCc1ccccc1. The molecule has 2 aromatic heterocycles. The van der Waals surface area contributed by atoms with E-state index >= 15 is 0 Å². The number of amides is 1. The standard InChI is InChI=1S/C26H25N5O4/c1-34-23-15-20(7-9-22(23)35-17-19-5-3-2-4-6-19)25-29-26(33)21(30-31-25)8-10-24(32)28-16-18-11-13-27-14-12-18/h2-7,9,11-15H,8,10,16-17H2,1H3,(H,28,32)(H,29,31,33). The molecule has 9 heteroatoms. The summed E-state index contributed by atoms with van der Waals surface area (Å²) in [4.78, 5) is 31.3. The lowest BCUT2D eigenvalue weighted by molar-refractivity contribution is -0.121. The fourth-order valence-corrected chi connectivity index (χ4v) is 3.34. The molecular weight excluding hydrogens is 446 g/mol. The number of nitrogens with one attached hydrogen (secondary N) is 2. The Labute approximate surface area is 202 Å². The van der Waals surface area contributed by atoms with E-state index in [9.17, 15) is 9.59 Å². The highest BCUT2D eigenvalue weighted by Crippen LogP contribution is 2.31. The largest absolute Gasteiger partial charge is 0.493 e. The van der Waals surface area contributed by atoms with Crippen LogP contribution in [0.3, 0.4) is 0 Å². The summed E-state index contributed by atoms with van der Waals surface area (Å²) in [6.07, 6.45) is 3.64. The zero-order chi connectivity index (χ0) is 24.5. The first-order chi connectivity index (χ1) is 17.1. The van der Waals surface area contributed by atoms with Crippen molar-refractivity contribution in [1.29, 1.82) is 0 Å². The topological polar surface area (TPSA) is 119 Å². The highest BCUT2D eigenvalue weighted by atomic mass is 16.5. The molecule has 0 saturated carbocycles. The zero-order valence-electron chi connectivity index (χ0n) is 19.2. The van der Waals surface area contributed by atoms with Crippen LogP contribution < -0.4 is 20.3 Å². The molecule has 4 rings (SSSR count). The Morgan fingerprint density at radius 3 is 2.51 bits per heavy atom. The molecule has 0 aliphatic carbocycles. The Balaban J connectivity index is 1.37. The van der Waals surface area contributed by atoms with Crippen LogP contribution in [-0.2, 0) is 24.4 Å². The molecule has 0 bridgehead atoms. The van der Waals surface area contributed by atoms with Crippen LogP contribution in [0.1, 0.15) is 23.2 Å². The number of pyridine rings is 1. The summed E-state index contributed by atoms with van der Waals surface area (Å²) >= 11 is 0. The van der Waals surface area contributed by atoms with Gasteiger partial charge in [0.1, 0.15) is 12.3 Å². The van der Waals surface area contributed by atoms with E-state index in [1.54, 1.807) is 37.7 Å². The molecule has 4 aromatic rings. The molecule has 2 heterocycles. The van der Waals surface area contributed by atoms with Gasteiger partial charge in [-0.15, -0.1) is 10.2 Å². The second-order valence-electron chi connectivity index (χ2n) is 7.72. The van der Waals surface area contributed by atoms with E-state index in [0.29, 0.717) is 36.0 Å². The normalized spacial score (nSPS) is 10.5. The van der Waals surface area contributed by atoms with Crippen molar-refractivity contribution in [2.45, 2.75) is 26.0 Å². The van der Waals surface area contributed by atoms with Crippen LogP contribution in [0.25, 0.3) is 11.4 Å². The predicted octanol–water partition coefficient (Wildman–Crippen LogP) is 3.06. The lowest BCUT2D eigenvalue weighted by Crippen LogP contribution is -2.25. The van der Waals surface area contributed by atoms with E-state index < -0.39 is 0 Å². The van der Waals surface area contributed by atoms with Gasteiger partial charge in [-0.05, 0) is 41.5 Å². The summed E-state index contributed by atoms with van der Waals surface area (Å²) in [6.45, 7) is 0.799. The first-order valence-electron chi connectivity index (χ1n) is 11.1. The molecule has 9 nitrogen and oxygen atoms in total. The first kappa shape index (κ1) is 23.6. The number of aromatic nitrogens is 4. The number of carbonyl (C=O) groups is 1. The molecule has 1 amide bonds. The van der Waals surface area contributed by atoms with Crippen molar-refractivity contribution in [3.05, 3.63) is 100 Å². The van der Waals surface area contributed by atoms with Gasteiger partial charge in [0.15, 0.2) is 17.3 Å². The number of rotatable bonds is 10. The molecule has 0 aliphatic rings.